The molecule has 0 aliphatic heterocycles. The minimum Gasteiger partial charge on any atom is -0.463 e. The van der Waals surface area contributed by atoms with Crippen molar-refractivity contribution in [3.63, 3.8) is 0 Å². The molecule has 1 aliphatic rings. The number of hydrogen-bond acceptors (Lipinski definition) is 2. The highest BCUT2D eigenvalue weighted by atomic mass is 16.5. The molecule has 0 heterocycles. The van der Waals surface area contributed by atoms with E-state index in [2.05, 4.69) is 0 Å². The van der Waals surface area contributed by atoms with Gasteiger partial charge in [0.25, 0.3) is 0 Å². The van der Waals surface area contributed by atoms with Crippen LogP contribution in [-0.2, 0) is 9.53 Å². The molecule has 14 heavy (non-hydrogen) atoms. The summed E-state index contributed by atoms with van der Waals surface area (Å²) in [4.78, 5) is 11.1. The molecule has 0 N–H and O–H groups in total. The Bertz CT molecular complexity index is 190. The number of ether oxygens (including phenoxy) is 1. The first-order valence-corrected chi connectivity index (χ1v) is 5.68. The fourth-order valence-corrected chi connectivity index (χ4v) is 1.79. The summed E-state index contributed by atoms with van der Waals surface area (Å²) in [6.45, 7) is 2.53. The highest BCUT2D eigenvalue weighted by Crippen LogP contribution is 2.24. The van der Waals surface area contributed by atoms with E-state index < -0.39 is 0 Å². The third kappa shape index (κ3) is 4.45. The minimum atomic E-state index is -0.183. The third-order valence-electron chi connectivity index (χ3n) is 2.60. The quantitative estimate of drug-likeness (QED) is 0.510. The first-order valence-electron chi connectivity index (χ1n) is 5.68. The van der Waals surface area contributed by atoms with Gasteiger partial charge in [-0.05, 0) is 25.2 Å². The topological polar surface area (TPSA) is 26.3 Å². The van der Waals surface area contributed by atoms with E-state index in [0.717, 1.165) is 6.42 Å². The maximum Gasteiger partial charge on any atom is 0.330 e. The molecule has 0 radical (unpaired) electrons. The lowest BCUT2D eigenvalue weighted by atomic mass is 9.89. The Morgan fingerprint density at radius 1 is 1.36 bits per heavy atom. The fourth-order valence-electron chi connectivity index (χ4n) is 1.79. The Hall–Kier alpha value is -0.790. The van der Waals surface area contributed by atoms with Gasteiger partial charge in [-0.25, -0.2) is 4.79 Å². The van der Waals surface area contributed by atoms with Crippen LogP contribution in [0.5, 0.6) is 0 Å². The molecule has 80 valence electrons. The van der Waals surface area contributed by atoms with Crippen LogP contribution in [0.1, 0.15) is 45.4 Å². The lowest BCUT2D eigenvalue weighted by molar-refractivity contribution is -0.137. The molecule has 0 aromatic rings. The van der Waals surface area contributed by atoms with E-state index in [9.17, 15) is 4.79 Å². The van der Waals surface area contributed by atoms with Gasteiger partial charge in [0.15, 0.2) is 0 Å². The molecule has 0 bridgehead atoms. The first kappa shape index (κ1) is 11.3. The lowest BCUT2D eigenvalue weighted by Crippen LogP contribution is -2.05. The third-order valence-corrected chi connectivity index (χ3v) is 2.60. The maximum atomic E-state index is 11.1. The van der Waals surface area contributed by atoms with E-state index in [4.69, 9.17) is 4.74 Å². The summed E-state index contributed by atoms with van der Waals surface area (Å²) in [5.74, 6) is 0.426. The normalized spacial score (nSPS) is 18.6. The van der Waals surface area contributed by atoms with Gasteiger partial charge in [-0.3, -0.25) is 0 Å². The van der Waals surface area contributed by atoms with Gasteiger partial charge in [-0.1, -0.05) is 32.3 Å². The van der Waals surface area contributed by atoms with Crippen LogP contribution in [0.25, 0.3) is 0 Å². The second-order valence-corrected chi connectivity index (χ2v) is 3.92. The van der Waals surface area contributed by atoms with Crippen molar-refractivity contribution in [2.24, 2.45) is 5.92 Å². The van der Waals surface area contributed by atoms with E-state index in [0.29, 0.717) is 12.5 Å². The van der Waals surface area contributed by atoms with Gasteiger partial charge in [-0.2, -0.15) is 0 Å². The van der Waals surface area contributed by atoms with Gasteiger partial charge in [0.2, 0.25) is 0 Å². The van der Waals surface area contributed by atoms with Crippen LogP contribution < -0.4 is 0 Å². The number of carbonyl (C=O) groups is 1. The highest BCUT2D eigenvalue weighted by molar-refractivity contribution is 5.81. The van der Waals surface area contributed by atoms with E-state index in [1.54, 1.807) is 6.08 Å². The summed E-state index contributed by atoms with van der Waals surface area (Å²) in [5.41, 5.74) is 0. The van der Waals surface area contributed by atoms with Gasteiger partial charge in [-0.15, -0.1) is 0 Å². The molecule has 0 spiro atoms. The van der Waals surface area contributed by atoms with Crippen LogP contribution in [0.2, 0.25) is 0 Å². The van der Waals surface area contributed by atoms with Crippen LogP contribution in [0.15, 0.2) is 12.2 Å². The van der Waals surface area contributed by atoms with Gasteiger partial charge >= 0.3 is 5.97 Å². The average Bonchev–Trinajstić information content (AvgIpc) is 2.25. The van der Waals surface area contributed by atoms with Crippen molar-refractivity contribution in [2.75, 3.05) is 6.61 Å². The van der Waals surface area contributed by atoms with E-state index in [-0.39, 0.29) is 5.97 Å². The second kappa shape index (κ2) is 6.63. The molecule has 0 aromatic heterocycles. The summed E-state index contributed by atoms with van der Waals surface area (Å²) in [7, 11) is 0. The first-order chi connectivity index (χ1) is 6.83. The SMILES string of the molecule is CCCOC(=O)/C=C/C1CCCCC1. The van der Waals surface area contributed by atoms with Crippen molar-refractivity contribution in [3.8, 4) is 0 Å². The van der Waals surface area contributed by atoms with Crippen molar-refractivity contribution in [3.05, 3.63) is 12.2 Å². The maximum absolute atomic E-state index is 11.1. The molecule has 0 saturated heterocycles. The summed E-state index contributed by atoms with van der Waals surface area (Å²) in [6.07, 6.45) is 10.9. The van der Waals surface area contributed by atoms with Gasteiger partial charge in [0, 0.05) is 6.08 Å². The molecular formula is C12H20O2. The predicted octanol–water partition coefficient (Wildman–Crippen LogP) is 3.08. The Balaban J connectivity index is 2.20. The number of allylic oxidation sites excluding steroid dienone is 1. The molecule has 1 aliphatic carbocycles. The standard InChI is InChI=1S/C12H20O2/c1-2-10-14-12(13)9-8-11-6-4-3-5-7-11/h8-9,11H,2-7,10H2,1H3/b9-8+. The largest absolute Gasteiger partial charge is 0.463 e. The number of hydrogen-bond donors (Lipinski definition) is 0. The monoisotopic (exact) mass is 196 g/mol. The van der Waals surface area contributed by atoms with Gasteiger partial charge in [0.1, 0.15) is 0 Å². The molecule has 0 aromatic carbocycles. The van der Waals surface area contributed by atoms with Crippen LogP contribution >= 0.6 is 0 Å². The van der Waals surface area contributed by atoms with E-state index >= 15 is 0 Å². The van der Waals surface area contributed by atoms with Crippen LogP contribution in [0, 0.1) is 5.92 Å². The Labute approximate surface area is 86.3 Å². The summed E-state index contributed by atoms with van der Waals surface area (Å²) < 4.78 is 4.96. The smallest absolute Gasteiger partial charge is 0.330 e. The zero-order valence-corrected chi connectivity index (χ0v) is 9.00. The van der Waals surface area contributed by atoms with Crippen LogP contribution in [0.3, 0.4) is 0 Å². The summed E-state index contributed by atoms with van der Waals surface area (Å²) >= 11 is 0. The van der Waals surface area contributed by atoms with Gasteiger partial charge in [0.05, 0.1) is 6.61 Å². The number of carbonyl (C=O) groups excluding carboxylic acids is 1. The molecule has 1 saturated carbocycles. The van der Waals surface area contributed by atoms with Gasteiger partial charge < -0.3 is 4.74 Å². The number of esters is 1. The summed E-state index contributed by atoms with van der Waals surface area (Å²) in [6, 6.07) is 0. The molecule has 2 heteroatoms. The molecular weight excluding hydrogens is 176 g/mol. The Kier molecular flexibility index (Phi) is 5.35. The zero-order valence-electron chi connectivity index (χ0n) is 9.00. The molecule has 0 unspecified atom stereocenters. The zero-order chi connectivity index (χ0) is 10.2. The van der Waals surface area contributed by atoms with Crippen molar-refractivity contribution >= 4 is 5.97 Å². The predicted molar refractivity (Wildman–Crippen MR) is 57.0 cm³/mol. The fraction of sp³-hybridized carbons (Fsp3) is 0.750. The second-order valence-electron chi connectivity index (χ2n) is 3.92. The van der Waals surface area contributed by atoms with Crippen molar-refractivity contribution in [2.45, 2.75) is 45.4 Å². The number of rotatable bonds is 4. The minimum absolute atomic E-state index is 0.183. The van der Waals surface area contributed by atoms with Crippen LogP contribution in [0.4, 0.5) is 0 Å². The Morgan fingerprint density at radius 3 is 2.71 bits per heavy atom. The average molecular weight is 196 g/mol. The molecule has 0 amide bonds. The summed E-state index contributed by atoms with van der Waals surface area (Å²) in [5, 5.41) is 0. The molecule has 1 rings (SSSR count). The highest BCUT2D eigenvalue weighted by Gasteiger charge is 2.10. The van der Waals surface area contributed by atoms with Crippen molar-refractivity contribution in [1.82, 2.24) is 0 Å². The van der Waals surface area contributed by atoms with E-state index in [1.165, 1.54) is 32.1 Å². The lowest BCUT2D eigenvalue weighted by Gasteiger charge is -2.17. The molecule has 0 atom stereocenters. The Morgan fingerprint density at radius 2 is 2.07 bits per heavy atom. The molecule has 2 nitrogen and oxygen atoms in total. The van der Waals surface area contributed by atoms with Crippen molar-refractivity contribution in [1.29, 1.82) is 0 Å². The van der Waals surface area contributed by atoms with Crippen LogP contribution in [-0.4, -0.2) is 12.6 Å². The van der Waals surface area contributed by atoms with E-state index in [1.807, 2.05) is 13.0 Å². The van der Waals surface area contributed by atoms with Crippen molar-refractivity contribution < 1.29 is 9.53 Å². The molecule has 1 fully saturated rings.